The van der Waals surface area contributed by atoms with Gasteiger partial charge in [-0.15, -0.1) is 0 Å². The van der Waals surface area contributed by atoms with E-state index in [0.717, 1.165) is 38.5 Å². The van der Waals surface area contributed by atoms with Crippen molar-refractivity contribution in [1.29, 1.82) is 0 Å². The van der Waals surface area contributed by atoms with Gasteiger partial charge in [0.15, 0.2) is 0 Å². The van der Waals surface area contributed by atoms with Gasteiger partial charge in [0.1, 0.15) is 0 Å². The van der Waals surface area contributed by atoms with Gasteiger partial charge in [0.2, 0.25) is 10.0 Å². The number of amides is 1. The van der Waals surface area contributed by atoms with E-state index in [0.29, 0.717) is 19.0 Å². The third kappa shape index (κ3) is 4.18. The van der Waals surface area contributed by atoms with Crippen molar-refractivity contribution in [3.05, 3.63) is 28.8 Å². The van der Waals surface area contributed by atoms with Gasteiger partial charge < -0.3 is 5.32 Å². The third-order valence-electron chi connectivity index (χ3n) is 5.24. The predicted molar refractivity (Wildman–Crippen MR) is 98.3 cm³/mol. The molecule has 5 nitrogen and oxygen atoms in total. The lowest BCUT2D eigenvalue weighted by Crippen LogP contribution is -2.37. The van der Waals surface area contributed by atoms with E-state index in [9.17, 15) is 13.2 Å². The highest BCUT2D eigenvalue weighted by molar-refractivity contribution is 7.89. The normalized spacial score (nSPS) is 25.0. The van der Waals surface area contributed by atoms with Gasteiger partial charge in [-0.25, -0.2) is 8.42 Å². The molecule has 1 saturated heterocycles. The Morgan fingerprint density at radius 1 is 1.16 bits per heavy atom. The molecule has 1 aliphatic carbocycles. The quantitative estimate of drug-likeness (QED) is 0.864. The SMILES string of the molecule is CC1CCC(NC(=O)c2cc(S(=O)(=O)N3CCCC3)ccc2Cl)CC1. The molecular formula is C18H25ClN2O3S. The molecule has 7 heteroatoms. The van der Waals surface area contributed by atoms with Gasteiger partial charge in [0.25, 0.3) is 5.91 Å². The molecule has 1 N–H and O–H groups in total. The Balaban J connectivity index is 1.78. The van der Waals surface area contributed by atoms with Gasteiger partial charge in [-0.05, 0) is 62.6 Å². The molecule has 1 saturated carbocycles. The summed E-state index contributed by atoms with van der Waals surface area (Å²) < 4.78 is 26.9. The molecule has 0 aromatic heterocycles. The molecule has 2 aliphatic rings. The van der Waals surface area contributed by atoms with E-state index in [1.165, 1.54) is 22.5 Å². The summed E-state index contributed by atoms with van der Waals surface area (Å²) in [5.74, 6) is 0.411. The van der Waals surface area contributed by atoms with Crippen molar-refractivity contribution in [2.24, 2.45) is 5.92 Å². The largest absolute Gasteiger partial charge is 0.349 e. The van der Waals surface area contributed by atoms with E-state index >= 15 is 0 Å². The van der Waals surface area contributed by atoms with E-state index in [2.05, 4.69) is 12.2 Å². The minimum Gasteiger partial charge on any atom is -0.349 e. The Kier molecular flexibility index (Phi) is 5.71. The van der Waals surface area contributed by atoms with Crippen LogP contribution in [0.2, 0.25) is 5.02 Å². The van der Waals surface area contributed by atoms with Crippen molar-refractivity contribution in [2.45, 2.75) is 56.4 Å². The summed E-state index contributed by atoms with van der Waals surface area (Å²) in [5.41, 5.74) is 0.237. The minimum atomic E-state index is -3.56. The molecule has 1 heterocycles. The Labute approximate surface area is 154 Å². The molecule has 0 unspecified atom stereocenters. The first kappa shape index (κ1) is 18.7. The molecule has 138 valence electrons. The van der Waals surface area contributed by atoms with Crippen LogP contribution in [0.25, 0.3) is 0 Å². The van der Waals surface area contributed by atoms with Crippen LogP contribution in [0.5, 0.6) is 0 Å². The zero-order valence-corrected chi connectivity index (χ0v) is 16.1. The molecule has 1 aromatic rings. The number of nitrogens with zero attached hydrogens (tertiary/aromatic N) is 1. The number of rotatable bonds is 4. The van der Waals surface area contributed by atoms with Crippen LogP contribution >= 0.6 is 11.6 Å². The maximum absolute atomic E-state index is 12.7. The third-order valence-corrected chi connectivity index (χ3v) is 7.46. The Morgan fingerprint density at radius 3 is 2.44 bits per heavy atom. The average molecular weight is 385 g/mol. The number of halogens is 1. The lowest BCUT2D eigenvalue weighted by molar-refractivity contribution is 0.0923. The zero-order chi connectivity index (χ0) is 18.0. The van der Waals surface area contributed by atoms with Crippen LogP contribution < -0.4 is 5.32 Å². The van der Waals surface area contributed by atoms with Gasteiger partial charge >= 0.3 is 0 Å². The van der Waals surface area contributed by atoms with Crippen LogP contribution in [0.15, 0.2) is 23.1 Å². The summed E-state index contributed by atoms with van der Waals surface area (Å²) in [6, 6.07) is 4.53. The minimum absolute atomic E-state index is 0.138. The first-order valence-corrected chi connectivity index (χ1v) is 10.8. The summed E-state index contributed by atoms with van der Waals surface area (Å²) in [6.45, 7) is 3.29. The summed E-state index contributed by atoms with van der Waals surface area (Å²) in [5, 5.41) is 3.29. The van der Waals surface area contributed by atoms with Crippen molar-refractivity contribution in [3.8, 4) is 0 Å². The molecule has 0 radical (unpaired) electrons. The molecule has 1 amide bonds. The summed E-state index contributed by atoms with van der Waals surface area (Å²) in [7, 11) is -3.56. The first-order valence-electron chi connectivity index (χ1n) is 8.98. The first-order chi connectivity index (χ1) is 11.9. The predicted octanol–water partition coefficient (Wildman–Crippen LogP) is 3.43. The molecule has 3 rings (SSSR count). The fourth-order valence-electron chi connectivity index (χ4n) is 3.58. The van der Waals surface area contributed by atoms with Crippen LogP contribution in [0.3, 0.4) is 0 Å². The van der Waals surface area contributed by atoms with Crippen molar-refractivity contribution >= 4 is 27.5 Å². The van der Waals surface area contributed by atoms with Crippen molar-refractivity contribution in [1.82, 2.24) is 9.62 Å². The Bertz CT molecular complexity index is 737. The monoisotopic (exact) mass is 384 g/mol. The number of nitrogens with one attached hydrogen (secondary N) is 1. The van der Waals surface area contributed by atoms with E-state index in [1.807, 2.05) is 0 Å². The zero-order valence-electron chi connectivity index (χ0n) is 14.5. The smallest absolute Gasteiger partial charge is 0.253 e. The van der Waals surface area contributed by atoms with Gasteiger partial charge in [0.05, 0.1) is 15.5 Å². The van der Waals surface area contributed by atoms with E-state index < -0.39 is 10.0 Å². The molecule has 2 fully saturated rings. The summed E-state index contributed by atoms with van der Waals surface area (Å²) in [4.78, 5) is 12.8. The highest BCUT2D eigenvalue weighted by Gasteiger charge is 2.29. The lowest BCUT2D eigenvalue weighted by Gasteiger charge is -2.27. The number of hydrogen-bond acceptors (Lipinski definition) is 3. The van der Waals surface area contributed by atoms with Crippen LogP contribution in [0.4, 0.5) is 0 Å². The summed E-state index contributed by atoms with van der Waals surface area (Å²) in [6.07, 6.45) is 5.86. The molecule has 1 aliphatic heterocycles. The van der Waals surface area contributed by atoms with Gasteiger partial charge in [-0.3, -0.25) is 4.79 Å². The maximum Gasteiger partial charge on any atom is 0.253 e. The fourth-order valence-corrected chi connectivity index (χ4v) is 5.33. The average Bonchev–Trinajstić information content (AvgIpc) is 3.12. The number of carbonyl (C=O) groups is 1. The van der Waals surface area contributed by atoms with Crippen molar-refractivity contribution < 1.29 is 13.2 Å². The van der Waals surface area contributed by atoms with E-state index in [1.54, 1.807) is 0 Å². The fraction of sp³-hybridized carbons (Fsp3) is 0.611. The van der Waals surface area contributed by atoms with Gasteiger partial charge in [-0.2, -0.15) is 4.31 Å². The topological polar surface area (TPSA) is 66.5 Å². The molecule has 0 atom stereocenters. The molecule has 1 aromatic carbocycles. The van der Waals surface area contributed by atoms with Crippen molar-refractivity contribution in [2.75, 3.05) is 13.1 Å². The van der Waals surface area contributed by atoms with Gasteiger partial charge in [0, 0.05) is 19.1 Å². The molecule has 0 spiro atoms. The highest BCUT2D eigenvalue weighted by Crippen LogP contribution is 2.27. The number of benzene rings is 1. The van der Waals surface area contributed by atoms with Crippen LogP contribution in [0, 0.1) is 5.92 Å². The standard InChI is InChI=1S/C18H25ClN2O3S/c1-13-4-6-14(7-5-13)20-18(22)16-12-15(8-9-17(16)19)25(23,24)21-10-2-3-11-21/h8-9,12-14H,2-7,10-11H2,1H3,(H,20,22). The molecule has 0 bridgehead atoms. The number of hydrogen-bond donors (Lipinski definition) is 1. The summed E-state index contributed by atoms with van der Waals surface area (Å²) >= 11 is 6.17. The number of sulfonamides is 1. The molecular weight excluding hydrogens is 360 g/mol. The Hall–Kier alpha value is -1.11. The van der Waals surface area contributed by atoms with Crippen molar-refractivity contribution in [3.63, 3.8) is 0 Å². The van der Waals surface area contributed by atoms with Crippen LogP contribution in [0.1, 0.15) is 55.8 Å². The second kappa shape index (κ2) is 7.64. The van der Waals surface area contributed by atoms with Gasteiger partial charge in [-0.1, -0.05) is 18.5 Å². The molecule has 25 heavy (non-hydrogen) atoms. The second-order valence-electron chi connectivity index (χ2n) is 7.18. The highest BCUT2D eigenvalue weighted by atomic mass is 35.5. The maximum atomic E-state index is 12.7. The second-order valence-corrected chi connectivity index (χ2v) is 9.53. The Morgan fingerprint density at radius 2 is 1.80 bits per heavy atom. The van der Waals surface area contributed by atoms with E-state index in [-0.39, 0.29) is 27.4 Å². The lowest BCUT2D eigenvalue weighted by atomic mass is 9.87. The van der Waals surface area contributed by atoms with Crippen LogP contribution in [-0.4, -0.2) is 37.8 Å². The van der Waals surface area contributed by atoms with E-state index in [4.69, 9.17) is 11.6 Å². The number of carbonyl (C=O) groups excluding carboxylic acids is 1. The van der Waals surface area contributed by atoms with Crippen LogP contribution in [-0.2, 0) is 10.0 Å².